The van der Waals surface area contributed by atoms with Gasteiger partial charge in [-0.2, -0.15) is 0 Å². The predicted molar refractivity (Wildman–Crippen MR) is 87.7 cm³/mol. The summed E-state index contributed by atoms with van der Waals surface area (Å²) in [5.74, 6) is -0.494. The standard InChI is InChI=1S/C15H14FN3O2S/c1-9(13-7-6-12(20)8-14(13)21)18-19-15(22)17-11-4-2-10(16)3-5-11/h2-8,18,20-21H,1H2,(H2,17,19,22). The summed E-state index contributed by atoms with van der Waals surface area (Å²) >= 11 is 5.07. The molecule has 0 aliphatic rings. The molecule has 2 aromatic rings. The smallest absolute Gasteiger partial charge is 0.189 e. The van der Waals surface area contributed by atoms with Gasteiger partial charge in [0.1, 0.15) is 17.3 Å². The zero-order valence-electron chi connectivity index (χ0n) is 11.4. The Morgan fingerprint density at radius 3 is 2.36 bits per heavy atom. The second-order valence-electron chi connectivity index (χ2n) is 4.39. The number of hydrogen-bond donors (Lipinski definition) is 5. The highest BCUT2D eigenvalue weighted by atomic mass is 32.1. The molecular formula is C15H14FN3O2S. The van der Waals surface area contributed by atoms with Gasteiger partial charge in [-0.25, -0.2) is 4.39 Å². The van der Waals surface area contributed by atoms with Crippen LogP contribution in [0.5, 0.6) is 11.5 Å². The number of hydrogen-bond acceptors (Lipinski definition) is 4. The van der Waals surface area contributed by atoms with E-state index in [1.54, 1.807) is 12.1 Å². The Kier molecular flexibility index (Phi) is 4.80. The van der Waals surface area contributed by atoms with Crippen LogP contribution >= 0.6 is 12.2 Å². The minimum absolute atomic E-state index is 0.0458. The molecule has 0 fully saturated rings. The van der Waals surface area contributed by atoms with Crippen molar-refractivity contribution in [2.75, 3.05) is 5.32 Å². The van der Waals surface area contributed by atoms with Gasteiger partial charge in [0.2, 0.25) is 0 Å². The molecule has 2 aromatic carbocycles. The third-order valence-electron chi connectivity index (χ3n) is 2.74. The maximum Gasteiger partial charge on any atom is 0.189 e. The molecule has 0 aliphatic heterocycles. The van der Waals surface area contributed by atoms with Gasteiger partial charge >= 0.3 is 0 Å². The highest BCUT2D eigenvalue weighted by Gasteiger charge is 2.06. The summed E-state index contributed by atoms with van der Waals surface area (Å²) in [6.07, 6.45) is 0. The highest BCUT2D eigenvalue weighted by molar-refractivity contribution is 7.80. The molecule has 0 saturated heterocycles. The molecule has 0 amide bonds. The molecule has 0 bridgehead atoms. The monoisotopic (exact) mass is 319 g/mol. The molecule has 0 spiro atoms. The number of benzene rings is 2. The molecule has 5 N–H and O–H groups in total. The fourth-order valence-corrected chi connectivity index (χ4v) is 1.84. The van der Waals surface area contributed by atoms with Crippen molar-refractivity contribution in [3.63, 3.8) is 0 Å². The molecule has 0 aromatic heterocycles. The number of halogens is 1. The second kappa shape index (κ2) is 6.77. The van der Waals surface area contributed by atoms with Crippen molar-refractivity contribution in [3.05, 3.63) is 60.4 Å². The van der Waals surface area contributed by atoms with E-state index >= 15 is 0 Å². The van der Waals surface area contributed by atoms with Gasteiger partial charge in [-0.3, -0.25) is 10.9 Å². The molecule has 0 unspecified atom stereocenters. The average Bonchev–Trinajstić information content (AvgIpc) is 2.47. The Balaban J connectivity index is 1.90. The molecular weight excluding hydrogens is 305 g/mol. The van der Waals surface area contributed by atoms with E-state index in [9.17, 15) is 14.6 Å². The van der Waals surface area contributed by atoms with Gasteiger partial charge in [0.15, 0.2) is 5.11 Å². The molecule has 5 nitrogen and oxygen atoms in total. The van der Waals surface area contributed by atoms with Crippen LogP contribution in [0, 0.1) is 5.82 Å². The molecule has 0 aliphatic carbocycles. The first-order valence-electron chi connectivity index (χ1n) is 6.25. The number of hydrazine groups is 1. The van der Waals surface area contributed by atoms with Crippen LogP contribution in [-0.4, -0.2) is 15.3 Å². The summed E-state index contributed by atoms with van der Waals surface area (Å²) < 4.78 is 12.8. The van der Waals surface area contributed by atoms with Crippen molar-refractivity contribution in [2.24, 2.45) is 0 Å². The van der Waals surface area contributed by atoms with Gasteiger partial charge in [-0.15, -0.1) is 0 Å². The lowest BCUT2D eigenvalue weighted by atomic mass is 10.1. The first kappa shape index (κ1) is 15.6. The molecule has 0 saturated carbocycles. The minimum atomic E-state index is -0.335. The van der Waals surface area contributed by atoms with Gasteiger partial charge in [-0.1, -0.05) is 6.58 Å². The zero-order chi connectivity index (χ0) is 16.1. The number of thiocarbonyl (C=S) groups is 1. The Hall–Kier alpha value is -2.80. The zero-order valence-corrected chi connectivity index (χ0v) is 12.2. The quantitative estimate of drug-likeness (QED) is 0.441. The van der Waals surface area contributed by atoms with Crippen molar-refractivity contribution >= 4 is 28.7 Å². The van der Waals surface area contributed by atoms with Gasteiger partial charge in [0.25, 0.3) is 0 Å². The summed E-state index contributed by atoms with van der Waals surface area (Å²) in [6, 6.07) is 9.86. The van der Waals surface area contributed by atoms with Gasteiger partial charge in [0.05, 0.1) is 5.70 Å². The van der Waals surface area contributed by atoms with E-state index in [1.807, 2.05) is 0 Å². The Bertz CT molecular complexity index is 704. The van der Waals surface area contributed by atoms with E-state index in [4.69, 9.17) is 12.2 Å². The van der Waals surface area contributed by atoms with Crippen LogP contribution in [0.1, 0.15) is 5.56 Å². The van der Waals surface area contributed by atoms with Crippen LogP contribution < -0.4 is 16.2 Å². The van der Waals surface area contributed by atoms with E-state index < -0.39 is 0 Å². The van der Waals surface area contributed by atoms with Crippen LogP contribution in [0.2, 0.25) is 0 Å². The summed E-state index contributed by atoms with van der Waals surface area (Å²) in [4.78, 5) is 0. The SMILES string of the molecule is C=C(NNC(=S)Nc1ccc(F)cc1)c1ccc(O)cc1O. The number of rotatable bonds is 4. The Morgan fingerprint density at radius 1 is 1.05 bits per heavy atom. The number of phenolic OH excluding ortho intramolecular Hbond substituents is 2. The maximum atomic E-state index is 12.8. The summed E-state index contributed by atoms with van der Waals surface area (Å²) in [6.45, 7) is 3.75. The van der Waals surface area contributed by atoms with Crippen molar-refractivity contribution < 1.29 is 14.6 Å². The Labute approximate surface area is 132 Å². The first-order chi connectivity index (χ1) is 10.5. The summed E-state index contributed by atoms with van der Waals surface area (Å²) in [7, 11) is 0. The van der Waals surface area contributed by atoms with E-state index in [2.05, 4.69) is 22.7 Å². The molecule has 114 valence electrons. The molecule has 2 rings (SSSR count). The van der Waals surface area contributed by atoms with Gasteiger partial charge in [-0.05, 0) is 48.6 Å². The average molecular weight is 319 g/mol. The number of aromatic hydroxyl groups is 2. The number of anilines is 1. The first-order valence-corrected chi connectivity index (χ1v) is 6.66. The van der Waals surface area contributed by atoms with Crippen LogP contribution in [-0.2, 0) is 0 Å². The largest absolute Gasteiger partial charge is 0.508 e. The van der Waals surface area contributed by atoms with E-state index in [0.29, 0.717) is 16.9 Å². The fourth-order valence-electron chi connectivity index (χ4n) is 1.67. The van der Waals surface area contributed by atoms with Gasteiger partial charge in [0, 0.05) is 17.3 Å². The lowest BCUT2D eigenvalue weighted by Crippen LogP contribution is -2.38. The molecule has 22 heavy (non-hydrogen) atoms. The Morgan fingerprint density at radius 2 is 1.73 bits per heavy atom. The lowest BCUT2D eigenvalue weighted by Gasteiger charge is -2.15. The second-order valence-corrected chi connectivity index (χ2v) is 4.80. The van der Waals surface area contributed by atoms with Crippen molar-refractivity contribution in [3.8, 4) is 11.5 Å². The van der Waals surface area contributed by atoms with Crippen LogP contribution in [0.4, 0.5) is 10.1 Å². The van der Waals surface area contributed by atoms with Crippen molar-refractivity contribution in [2.45, 2.75) is 0 Å². The van der Waals surface area contributed by atoms with E-state index in [-0.39, 0.29) is 22.4 Å². The summed E-state index contributed by atoms with van der Waals surface area (Å²) in [5, 5.41) is 22.0. The number of phenols is 2. The fraction of sp³-hybridized carbons (Fsp3) is 0. The van der Waals surface area contributed by atoms with Crippen molar-refractivity contribution in [1.82, 2.24) is 10.9 Å². The normalized spacial score (nSPS) is 9.86. The van der Waals surface area contributed by atoms with E-state index in [1.165, 1.54) is 30.3 Å². The third-order valence-corrected chi connectivity index (χ3v) is 2.94. The topological polar surface area (TPSA) is 76.5 Å². The lowest BCUT2D eigenvalue weighted by molar-refractivity contribution is 0.449. The number of nitrogens with one attached hydrogen (secondary N) is 3. The molecule has 0 radical (unpaired) electrons. The van der Waals surface area contributed by atoms with Crippen molar-refractivity contribution in [1.29, 1.82) is 0 Å². The van der Waals surface area contributed by atoms with E-state index in [0.717, 1.165) is 0 Å². The van der Waals surface area contributed by atoms with Crippen LogP contribution in [0.3, 0.4) is 0 Å². The van der Waals surface area contributed by atoms with Crippen LogP contribution in [0.15, 0.2) is 49.0 Å². The minimum Gasteiger partial charge on any atom is -0.508 e. The molecule has 7 heteroatoms. The molecule has 0 heterocycles. The predicted octanol–water partition coefficient (Wildman–Crippen LogP) is 2.70. The molecule has 0 atom stereocenters. The van der Waals surface area contributed by atoms with Gasteiger partial charge < -0.3 is 15.5 Å². The maximum absolute atomic E-state index is 12.8. The summed E-state index contributed by atoms with van der Waals surface area (Å²) in [5.41, 5.74) is 6.81. The third kappa shape index (κ3) is 4.10. The highest BCUT2D eigenvalue weighted by Crippen LogP contribution is 2.26. The van der Waals surface area contributed by atoms with Crippen LogP contribution in [0.25, 0.3) is 5.70 Å².